The minimum Gasteiger partial charge on any atom is -0.377 e. The Morgan fingerprint density at radius 2 is 2.17 bits per heavy atom. The van der Waals surface area contributed by atoms with Crippen LogP contribution in [0.2, 0.25) is 0 Å². The summed E-state index contributed by atoms with van der Waals surface area (Å²) in [4.78, 5) is 13.6. The van der Waals surface area contributed by atoms with Crippen LogP contribution in [-0.4, -0.2) is 36.1 Å². The summed E-state index contributed by atoms with van der Waals surface area (Å²) in [5.74, 6) is -0.256. The summed E-state index contributed by atoms with van der Waals surface area (Å²) in [6.45, 7) is 4.17. The van der Waals surface area contributed by atoms with Gasteiger partial charge in [-0.15, -0.1) is 0 Å². The summed E-state index contributed by atoms with van der Waals surface area (Å²) >= 11 is 0. The molecule has 2 atom stereocenters. The molecule has 0 radical (unpaired) electrons. The molecule has 4 heteroatoms. The molecule has 0 saturated carbocycles. The van der Waals surface area contributed by atoms with Crippen molar-refractivity contribution in [3.05, 3.63) is 35.9 Å². The molecule has 0 spiro atoms. The highest BCUT2D eigenvalue weighted by Gasteiger charge is 2.35. The zero-order chi connectivity index (χ0) is 13.0. The van der Waals surface area contributed by atoms with Crippen molar-refractivity contribution < 1.29 is 9.53 Å². The summed E-state index contributed by atoms with van der Waals surface area (Å²) < 4.78 is 5.60. The quantitative estimate of drug-likeness (QED) is 0.850. The fraction of sp³-hybridized carbons (Fsp3) is 0.500. The third kappa shape index (κ3) is 3.09. The maximum absolute atomic E-state index is 11.5. The molecule has 0 unspecified atom stereocenters. The van der Waals surface area contributed by atoms with Crippen LogP contribution < -0.4 is 5.73 Å². The van der Waals surface area contributed by atoms with Crippen LogP contribution in [0.15, 0.2) is 30.3 Å². The highest BCUT2D eigenvalue weighted by Crippen LogP contribution is 2.22. The molecule has 1 fully saturated rings. The second-order valence-corrected chi connectivity index (χ2v) is 4.65. The lowest BCUT2D eigenvalue weighted by molar-refractivity contribution is -0.122. The zero-order valence-corrected chi connectivity index (χ0v) is 10.7. The van der Waals surface area contributed by atoms with Gasteiger partial charge in [0.15, 0.2) is 0 Å². The Morgan fingerprint density at radius 3 is 2.78 bits per heavy atom. The standard InChI is InChI=1S/C14H20N2O2/c1-2-18-12-8-13(14(15)17)16(10-12)9-11-6-4-3-5-7-11/h3-7,12-13H,2,8-10H2,1H3,(H2,15,17)/t12-,13+/m1/s1. The molecule has 1 aliphatic heterocycles. The molecule has 0 aromatic heterocycles. The van der Waals surface area contributed by atoms with Crippen LogP contribution in [0.1, 0.15) is 18.9 Å². The van der Waals surface area contributed by atoms with E-state index in [2.05, 4.69) is 17.0 Å². The lowest BCUT2D eigenvalue weighted by atomic mass is 10.1. The van der Waals surface area contributed by atoms with Gasteiger partial charge in [-0.1, -0.05) is 30.3 Å². The van der Waals surface area contributed by atoms with Crippen LogP contribution in [-0.2, 0) is 16.1 Å². The Balaban J connectivity index is 2.03. The number of hydrogen-bond donors (Lipinski definition) is 1. The SMILES string of the molecule is CCO[C@@H]1C[C@@H](C(N)=O)N(Cc2ccccc2)C1. The van der Waals surface area contributed by atoms with Crippen LogP contribution in [0.3, 0.4) is 0 Å². The minimum absolute atomic E-state index is 0.121. The van der Waals surface area contributed by atoms with E-state index in [-0.39, 0.29) is 18.1 Å². The lowest BCUT2D eigenvalue weighted by Gasteiger charge is -2.21. The second-order valence-electron chi connectivity index (χ2n) is 4.65. The van der Waals surface area contributed by atoms with Gasteiger partial charge in [0.2, 0.25) is 5.91 Å². The minimum atomic E-state index is -0.256. The Kier molecular flexibility index (Phi) is 4.33. The number of primary amides is 1. The predicted octanol–water partition coefficient (Wildman–Crippen LogP) is 1.15. The first kappa shape index (κ1) is 13.1. The topological polar surface area (TPSA) is 55.6 Å². The first-order valence-electron chi connectivity index (χ1n) is 6.39. The molecule has 1 aromatic carbocycles. The number of nitrogens with two attached hydrogens (primary N) is 1. The van der Waals surface area contributed by atoms with Crippen molar-refractivity contribution in [2.75, 3.05) is 13.2 Å². The van der Waals surface area contributed by atoms with Gasteiger partial charge in [0, 0.05) is 19.7 Å². The number of rotatable bonds is 5. The lowest BCUT2D eigenvalue weighted by Crippen LogP contribution is -2.39. The number of ether oxygens (including phenoxy) is 1. The number of carbonyl (C=O) groups excluding carboxylic acids is 1. The van der Waals surface area contributed by atoms with E-state index in [0.717, 1.165) is 13.1 Å². The maximum atomic E-state index is 11.5. The molecular formula is C14H20N2O2. The summed E-state index contributed by atoms with van der Waals surface area (Å²) in [6, 6.07) is 9.91. The molecule has 1 saturated heterocycles. The van der Waals surface area contributed by atoms with Crippen molar-refractivity contribution in [3.63, 3.8) is 0 Å². The monoisotopic (exact) mass is 248 g/mol. The van der Waals surface area contributed by atoms with Gasteiger partial charge in [-0.2, -0.15) is 0 Å². The van der Waals surface area contributed by atoms with E-state index in [1.807, 2.05) is 25.1 Å². The van der Waals surface area contributed by atoms with E-state index in [1.54, 1.807) is 0 Å². The van der Waals surface area contributed by atoms with Crippen molar-refractivity contribution >= 4 is 5.91 Å². The maximum Gasteiger partial charge on any atom is 0.234 e. The first-order valence-corrected chi connectivity index (χ1v) is 6.39. The normalized spacial score (nSPS) is 24.3. The van der Waals surface area contributed by atoms with Gasteiger partial charge in [0.25, 0.3) is 0 Å². The molecule has 1 aliphatic rings. The van der Waals surface area contributed by atoms with Crippen LogP contribution in [0, 0.1) is 0 Å². The largest absolute Gasteiger partial charge is 0.377 e. The molecule has 1 amide bonds. The van der Waals surface area contributed by atoms with E-state index in [4.69, 9.17) is 10.5 Å². The fourth-order valence-electron chi connectivity index (χ4n) is 2.51. The third-order valence-electron chi connectivity index (χ3n) is 3.32. The van der Waals surface area contributed by atoms with E-state index >= 15 is 0 Å². The molecule has 1 heterocycles. The van der Waals surface area contributed by atoms with Crippen molar-refractivity contribution in [2.24, 2.45) is 5.73 Å². The number of carbonyl (C=O) groups is 1. The number of hydrogen-bond acceptors (Lipinski definition) is 3. The van der Waals surface area contributed by atoms with Crippen molar-refractivity contribution in [1.29, 1.82) is 0 Å². The smallest absolute Gasteiger partial charge is 0.234 e. The highest BCUT2D eigenvalue weighted by molar-refractivity contribution is 5.80. The van der Waals surface area contributed by atoms with Crippen molar-refractivity contribution in [3.8, 4) is 0 Å². The Bertz CT molecular complexity index is 394. The zero-order valence-electron chi connectivity index (χ0n) is 10.7. The van der Waals surface area contributed by atoms with Gasteiger partial charge < -0.3 is 10.5 Å². The van der Waals surface area contributed by atoms with Gasteiger partial charge in [0.05, 0.1) is 12.1 Å². The third-order valence-corrected chi connectivity index (χ3v) is 3.32. The Morgan fingerprint density at radius 1 is 1.44 bits per heavy atom. The number of nitrogens with zero attached hydrogens (tertiary/aromatic N) is 1. The predicted molar refractivity (Wildman–Crippen MR) is 69.9 cm³/mol. The van der Waals surface area contributed by atoms with Gasteiger partial charge in [-0.05, 0) is 18.9 Å². The van der Waals surface area contributed by atoms with Crippen LogP contribution in [0.4, 0.5) is 0 Å². The number of likely N-dealkylation sites (tertiary alicyclic amines) is 1. The average molecular weight is 248 g/mol. The molecule has 2 N–H and O–H groups in total. The van der Waals surface area contributed by atoms with Crippen molar-refractivity contribution in [2.45, 2.75) is 32.0 Å². The molecule has 2 rings (SSSR count). The summed E-state index contributed by atoms with van der Waals surface area (Å²) in [6.07, 6.45) is 0.826. The summed E-state index contributed by atoms with van der Waals surface area (Å²) in [5, 5.41) is 0. The van der Waals surface area contributed by atoms with Gasteiger partial charge >= 0.3 is 0 Å². The number of benzene rings is 1. The van der Waals surface area contributed by atoms with Crippen LogP contribution in [0.25, 0.3) is 0 Å². The van der Waals surface area contributed by atoms with Crippen molar-refractivity contribution in [1.82, 2.24) is 4.90 Å². The van der Waals surface area contributed by atoms with Crippen LogP contribution in [0.5, 0.6) is 0 Å². The molecule has 1 aromatic rings. The Labute approximate surface area is 108 Å². The summed E-state index contributed by atoms with van der Waals surface area (Å²) in [7, 11) is 0. The average Bonchev–Trinajstić information content (AvgIpc) is 2.74. The second kappa shape index (κ2) is 5.98. The molecular weight excluding hydrogens is 228 g/mol. The first-order chi connectivity index (χ1) is 8.70. The van der Waals surface area contributed by atoms with Gasteiger partial charge in [0.1, 0.15) is 0 Å². The van der Waals surface area contributed by atoms with E-state index < -0.39 is 0 Å². The number of amides is 1. The highest BCUT2D eigenvalue weighted by atomic mass is 16.5. The van der Waals surface area contributed by atoms with E-state index in [0.29, 0.717) is 13.0 Å². The molecule has 98 valence electrons. The van der Waals surface area contributed by atoms with E-state index in [9.17, 15) is 4.79 Å². The Hall–Kier alpha value is -1.39. The van der Waals surface area contributed by atoms with E-state index in [1.165, 1.54) is 5.56 Å². The molecule has 18 heavy (non-hydrogen) atoms. The molecule has 0 bridgehead atoms. The summed E-state index contributed by atoms with van der Waals surface area (Å²) in [5.41, 5.74) is 6.66. The van der Waals surface area contributed by atoms with Gasteiger partial charge in [-0.3, -0.25) is 9.69 Å². The van der Waals surface area contributed by atoms with Gasteiger partial charge in [-0.25, -0.2) is 0 Å². The fourth-order valence-corrected chi connectivity index (χ4v) is 2.51. The molecule has 4 nitrogen and oxygen atoms in total. The molecule has 0 aliphatic carbocycles. The van der Waals surface area contributed by atoms with Crippen LogP contribution >= 0.6 is 0 Å².